The first kappa shape index (κ1) is 14.9. The second-order valence-corrected chi connectivity index (χ2v) is 6.70. The molecule has 4 heteroatoms. The lowest BCUT2D eigenvalue weighted by molar-refractivity contribution is 0.0895. The van der Waals surface area contributed by atoms with Gasteiger partial charge in [-0.15, -0.1) is 11.3 Å². The zero-order chi connectivity index (χ0) is 15.4. The van der Waals surface area contributed by atoms with Crippen LogP contribution < -0.4 is 0 Å². The van der Waals surface area contributed by atoms with E-state index in [4.69, 9.17) is 0 Å². The first-order valence-electron chi connectivity index (χ1n) is 6.94. The van der Waals surface area contributed by atoms with E-state index in [0.717, 1.165) is 4.88 Å². The fourth-order valence-corrected chi connectivity index (χ4v) is 3.82. The second kappa shape index (κ2) is 6.81. The maximum absolute atomic E-state index is 12.7. The Balaban J connectivity index is 1.87. The molecule has 1 aromatic carbocycles. The summed E-state index contributed by atoms with van der Waals surface area (Å²) in [6, 6.07) is 14.8. The van der Waals surface area contributed by atoms with Gasteiger partial charge in [-0.2, -0.15) is 11.3 Å². The third kappa shape index (κ3) is 3.24. The van der Waals surface area contributed by atoms with E-state index in [9.17, 15) is 9.59 Å². The van der Waals surface area contributed by atoms with E-state index in [2.05, 4.69) is 0 Å². The number of rotatable bonds is 6. The van der Waals surface area contributed by atoms with Crippen molar-refractivity contribution in [1.82, 2.24) is 0 Å². The SMILES string of the molecule is O=C(CC(C(=O)c1ccsc1)c1cccs1)c1ccccc1. The van der Waals surface area contributed by atoms with Crippen LogP contribution in [-0.4, -0.2) is 11.6 Å². The topological polar surface area (TPSA) is 34.1 Å². The fourth-order valence-electron chi connectivity index (χ4n) is 2.35. The fraction of sp³-hybridized carbons (Fsp3) is 0.111. The van der Waals surface area contributed by atoms with Gasteiger partial charge in [0.05, 0.1) is 5.92 Å². The van der Waals surface area contributed by atoms with Crippen LogP contribution in [0.4, 0.5) is 0 Å². The van der Waals surface area contributed by atoms with Crippen LogP contribution >= 0.6 is 22.7 Å². The van der Waals surface area contributed by atoms with Gasteiger partial charge < -0.3 is 0 Å². The lowest BCUT2D eigenvalue weighted by atomic mass is 9.90. The number of ketones is 2. The van der Waals surface area contributed by atoms with Crippen LogP contribution in [0.5, 0.6) is 0 Å². The van der Waals surface area contributed by atoms with Crippen molar-refractivity contribution in [3.8, 4) is 0 Å². The molecule has 2 nitrogen and oxygen atoms in total. The molecule has 0 fully saturated rings. The third-order valence-electron chi connectivity index (χ3n) is 3.49. The normalized spacial score (nSPS) is 12.0. The monoisotopic (exact) mass is 326 g/mol. The van der Waals surface area contributed by atoms with Crippen LogP contribution in [-0.2, 0) is 0 Å². The first-order valence-corrected chi connectivity index (χ1v) is 8.76. The molecular formula is C18H14O2S2. The second-order valence-electron chi connectivity index (χ2n) is 4.94. The van der Waals surface area contributed by atoms with Gasteiger partial charge in [0.2, 0.25) is 0 Å². The number of Topliss-reactive ketones (excluding diaryl/α,β-unsaturated/α-hetero) is 2. The highest BCUT2D eigenvalue weighted by Gasteiger charge is 2.26. The molecule has 2 heterocycles. The number of carbonyl (C=O) groups excluding carboxylic acids is 2. The summed E-state index contributed by atoms with van der Waals surface area (Å²) in [5.41, 5.74) is 1.34. The van der Waals surface area contributed by atoms with Gasteiger partial charge in [-0.25, -0.2) is 0 Å². The molecule has 1 atom stereocenters. The summed E-state index contributed by atoms with van der Waals surface area (Å²) in [5.74, 6) is -0.377. The van der Waals surface area contributed by atoms with Crippen molar-refractivity contribution in [1.29, 1.82) is 0 Å². The average molecular weight is 326 g/mol. The van der Waals surface area contributed by atoms with E-state index in [1.165, 1.54) is 22.7 Å². The number of benzene rings is 1. The van der Waals surface area contributed by atoms with Crippen LogP contribution in [0.25, 0.3) is 0 Å². The molecule has 110 valence electrons. The molecule has 0 bridgehead atoms. The Kier molecular flexibility index (Phi) is 4.61. The number of hydrogen-bond donors (Lipinski definition) is 0. The Morgan fingerprint density at radius 1 is 0.909 bits per heavy atom. The molecule has 3 aromatic rings. The molecule has 0 aliphatic heterocycles. The summed E-state index contributed by atoms with van der Waals surface area (Å²) in [5, 5.41) is 5.67. The molecule has 0 aliphatic rings. The average Bonchev–Trinajstić information content (AvgIpc) is 3.25. The van der Waals surface area contributed by atoms with Gasteiger partial charge in [-0.05, 0) is 22.9 Å². The molecule has 0 amide bonds. The smallest absolute Gasteiger partial charge is 0.172 e. The van der Waals surface area contributed by atoms with Crippen molar-refractivity contribution in [2.75, 3.05) is 0 Å². The van der Waals surface area contributed by atoms with Gasteiger partial charge in [0, 0.05) is 27.8 Å². The van der Waals surface area contributed by atoms with Crippen LogP contribution in [0.15, 0.2) is 64.7 Å². The van der Waals surface area contributed by atoms with E-state index in [0.29, 0.717) is 11.1 Å². The predicted octanol–water partition coefficient (Wildman–Crippen LogP) is 5.05. The van der Waals surface area contributed by atoms with Crippen LogP contribution in [0.2, 0.25) is 0 Å². The van der Waals surface area contributed by atoms with Gasteiger partial charge in [0.15, 0.2) is 11.6 Å². The lowest BCUT2D eigenvalue weighted by Gasteiger charge is -2.13. The Morgan fingerprint density at radius 2 is 1.73 bits per heavy atom. The van der Waals surface area contributed by atoms with Crippen molar-refractivity contribution in [2.45, 2.75) is 12.3 Å². The maximum Gasteiger partial charge on any atom is 0.172 e. The standard InChI is InChI=1S/C18H14O2S2/c19-16(13-5-2-1-3-6-13)11-15(17-7-4-9-22-17)18(20)14-8-10-21-12-14/h1-10,12,15H,11H2. The molecule has 0 N–H and O–H groups in total. The Morgan fingerprint density at radius 3 is 2.36 bits per heavy atom. The van der Waals surface area contributed by atoms with Gasteiger partial charge >= 0.3 is 0 Å². The molecule has 1 unspecified atom stereocenters. The number of carbonyl (C=O) groups is 2. The van der Waals surface area contributed by atoms with Crippen molar-refractivity contribution in [3.05, 3.63) is 80.7 Å². The first-order chi connectivity index (χ1) is 10.8. The highest BCUT2D eigenvalue weighted by molar-refractivity contribution is 7.10. The van der Waals surface area contributed by atoms with Crippen molar-refractivity contribution >= 4 is 34.2 Å². The minimum absolute atomic E-state index is 0.00239. The molecule has 3 rings (SSSR count). The summed E-state index contributed by atoms with van der Waals surface area (Å²) in [6.45, 7) is 0. The van der Waals surface area contributed by atoms with Gasteiger partial charge in [0.1, 0.15) is 0 Å². The summed E-state index contributed by atoms with van der Waals surface area (Å²) < 4.78 is 0. The highest BCUT2D eigenvalue weighted by atomic mass is 32.1. The zero-order valence-corrected chi connectivity index (χ0v) is 13.4. The van der Waals surface area contributed by atoms with Crippen LogP contribution in [0.1, 0.15) is 37.9 Å². The Bertz CT molecular complexity index is 744. The maximum atomic E-state index is 12.7. The zero-order valence-electron chi connectivity index (χ0n) is 11.8. The molecular weight excluding hydrogens is 312 g/mol. The van der Waals surface area contributed by atoms with E-state index >= 15 is 0 Å². The largest absolute Gasteiger partial charge is 0.294 e. The molecule has 2 aromatic heterocycles. The quantitative estimate of drug-likeness (QED) is 0.594. The Labute approximate surface area is 137 Å². The van der Waals surface area contributed by atoms with Crippen molar-refractivity contribution < 1.29 is 9.59 Å². The van der Waals surface area contributed by atoms with Crippen molar-refractivity contribution in [2.24, 2.45) is 0 Å². The van der Waals surface area contributed by atoms with Gasteiger partial charge in [-0.3, -0.25) is 9.59 Å². The Hall–Kier alpha value is -2.04. The predicted molar refractivity (Wildman–Crippen MR) is 91.1 cm³/mol. The van der Waals surface area contributed by atoms with Crippen LogP contribution in [0.3, 0.4) is 0 Å². The number of hydrogen-bond acceptors (Lipinski definition) is 4. The molecule has 0 aliphatic carbocycles. The number of thiophene rings is 2. The van der Waals surface area contributed by atoms with Crippen LogP contribution in [0, 0.1) is 0 Å². The molecule has 0 radical (unpaired) electrons. The van der Waals surface area contributed by atoms with E-state index in [-0.39, 0.29) is 18.0 Å². The van der Waals surface area contributed by atoms with E-state index < -0.39 is 5.92 Å². The lowest BCUT2D eigenvalue weighted by Crippen LogP contribution is -2.16. The molecule has 0 saturated heterocycles. The summed E-state index contributed by atoms with van der Waals surface area (Å²) in [7, 11) is 0. The highest BCUT2D eigenvalue weighted by Crippen LogP contribution is 2.30. The molecule has 0 saturated carbocycles. The minimum atomic E-state index is -0.401. The molecule has 22 heavy (non-hydrogen) atoms. The van der Waals surface area contributed by atoms with Gasteiger partial charge in [0.25, 0.3) is 0 Å². The summed E-state index contributed by atoms with van der Waals surface area (Å²) in [4.78, 5) is 26.2. The summed E-state index contributed by atoms with van der Waals surface area (Å²) in [6.07, 6.45) is 0.208. The van der Waals surface area contributed by atoms with E-state index in [1.807, 2.05) is 52.5 Å². The minimum Gasteiger partial charge on any atom is -0.294 e. The van der Waals surface area contributed by atoms with Crippen molar-refractivity contribution in [3.63, 3.8) is 0 Å². The van der Waals surface area contributed by atoms with E-state index in [1.54, 1.807) is 12.1 Å². The van der Waals surface area contributed by atoms with Gasteiger partial charge in [-0.1, -0.05) is 36.4 Å². The third-order valence-corrected chi connectivity index (χ3v) is 5.16. The molecule has 0 spiro atoms. The summed E-state index contributed by atoms with van der Waals surface area (Å²) >= 11 is 3.02.